The highest BCUT2D eigenvalue weighted by atomic mass is 16.5. The number of methoxy groups -OCH3 is 1. The summed E-state index contributed by atoms with van der Waals surface area (Å²) >= 11 is 0. The largest absolute Gasteiger partial charge is 0.382 e. The zero-order valence-electron chi connectivity index (χ0n) is 15.4. The molecule has 0 aliphatic heterocycles. The van der Waals surface area contributed by atoms with Gasteiger partial charge in [0.15, 0.2) is 0 Å². The van der Waals surface area contributed by atoms with Gasteiger partial charge in [-0.1, -0.05) is 0 Å². The Morgan fingerprint density at radius 1 is 1.35 bits per heavy atom. The molecule has 8 heteroatoms. The normalized spacial score (nSPS) is 16.6. The Morgan fingerprint density at radius 3 is 2.96 bits per heavy atom. The molecule has 138 valence electrons. The summed E-state index contributed by atoms with van der Waals surface area (Å²) in [5.41, 5.74) is 1.66. The van der Waals surface area contributed by atoms with Gasteiger partial charge in [-0.15, -0.1) is 0 Å². The van der Waals surface area contributed by atoms with Gasteiger partial charge in [-0.3, -0.25) is 4.68 Å². The molecule has 3 heterocycles. The van der Waals surface area contributed by atoms with Crippen molar-refractivity contribution in [2.45, 2.75) is 38.8 Å². The lowest BCUT2D eigenvalue weighted by molar-refractivity contribution is 0.157. The molecule has 1 fully saturated rings. The molecule has 26 heavy (non-hydrogen) atoms. The number of hydrogen-bond donors (Lipinski definition) is 3. The van der Waals surface area contributed by atoms with Gasteiger partial charge in [-0.05, 0) is 38.7 Å². The van der Waals surface area contributed by atoms with Crippen LogP contribution in [-0.4, -0.2) is 44.5 Å². The van der Waals surface area contributed by atoms with Crippen LogP contribution in [0.25, 0.3) is 11.0 Å². The van der Waals surface area contributed by atoms with Crippen LogP contribution >= 0.6 is 0 Å². The van der Waals surface area contributed by atoms with Crippen LogP contribution in [0.4, 0.5) is 17.5 Å². The SMILES string of the molecule is COCC(C)n1cc(Nc2nc(N[C@@H](C)C3CC3)c3cc[nH]c3n2)cn1. The van der Waals surface area contributed by atoms with Crippen molar-refractivity contribution in [2.24, 2.45) is 5.92 Å². The Morgan fingerprint density at radius 2 is 2.19 bits per heavy atom. The van der Waals surface area contributed by atoms with Gasteiger partial charge in [0.25, 0.3) is 0 Å². The predicted molar refractivity (Wildman–Crippen MR) is 102 cm³/mol. The van der Waals surface area contributed by atoms with E-state index in [0.717, 1.165) is 28.5 Å². The number of nitrogens with one attached hydrogen (secondary N) is 3. The third kappa shape index (κ3) is 3.50. The van der Waals surface area contributed by atoms with Crippen LogP contribution < -0.4 is 10.6 Å². The fourth-order valence-corrected chi connectivity index (χ4v) is 3.13. The van der Waals surface area contributed by atoms with E-state index in [1.54, 1.807) is 13.3 Å². The number of anilines is 3. The number of fused-ring (bicyclic) bond motifs is 1. The average Bonchev–Trinajstić information content (AvgIpc) is 3.18. The van der Waals surface area contributed by atoms with Crippen LogP contribution in [0.2, 0.25) is 0 Å². The van der Waals surface area contributed by atoms with Crippen LogP contribution in [-0.2, 0) is 4.74 Å². The summed E-state index contributed by atoms with van der Waals surface area (Å²) in [6.45, 7) is 4.88. The highest BCUT2D eigenvalue weighted by Crippen LogP contribution is 2.34. The molecule has 0 saturated heterocycles. The fraction of sp³-hybridized carbons (Fsp3) is 0.500. The minimum absolute atomic E-state index is 0.166. The van der Waals surface area contributed by atoms with E-state index < -0.39 is 0 Å². The number of nitrogens with zero attached hydrogens (tertiary/aromatic N) is 4. The highest BCUT2D eigenvalue weighted by Gasteiger charge is 2.28. The molecule has 1 unspecified atom stereocenters. The Labute approximate surface area is 152 Å². The molecular weight excluding hydrogens is 330 g/mol. The van der Waals surface area contributed by atoms with Gasteiger partial charge in [0.2, 0.25) is 5.95 Å². The van der Waals surface area contributed by atoms with Crippen molar-refractivity contribution in [3.05, 3.63) is 24.7 Å². The highest BCUT2D eigenvalue weighted by molar-refractivity contribution is 5.88. The van der Waals surface area contributed by atoms with E-state index in [0.29, 0.717) is 18.6 Å². The van der Waals surface area contributed by atoms with Crippen LogP contribution in [0, 0.1) is 5.92 Å². The molecule has 1 saturated carbocycles. The molecule has 1 aliphatic rings. The molecular formula is C18H25N7O. The Bertz CT molecular complexity index is 883. The first-order valence-electron chi connectivity index (χ1n) is 9.06. The third-order valence-corrected chi connectivity index (χ3v) is 4.83. The van der Waals surface area contributed by atoms with Crippen LogP contribution in [0.5, 0.6) is 0 Å². The number of rotatable bonds is 8. The van der Waals surface area contributed by atoms with E-state index in [-0.39, 0.29) is 6.04 Å². The van der Waals surface area contributed by atoms with Crippen molar-refractivity contribution in [2.75, 3.05) is 24.4 Å². The first-order chi connectivity index (χ1) is 12.6. The van der Waals surface area contributed by atoms with E-state index >= 15 is 0 Å². The molecule has 3 N–H and O–H groups in total. The van der Waals surface area contributed by atoms with Gasteiger partial charge < -0.3 is 20.4 Å². The number of hydrogen-bond acceptors (Lipinski definition) is 6. The number of aromatic nitrogens is 5. The maximum absolute atomic E-state index is 5.18. The first kappa shape index (κ1) is 16.8. The van der Waals surface area contributed by atoms with Crippen molar-refractivity contribution >= 4 is 28.5 Å². The quantitative estimate of drug-likeness (QED) is 0.574. The second-order valence-corrected chi connectivity index (χ2v) is 7.04. The summed E-state index contributed by atoms with van der Waals surface area (Å²) in [6.07, 6.45) is 8.18. The van der Waals surface area contributed by atoms with E-state index in [9.17, 15) is 0 Å². The second kappa shape index (κ2) is 6.95. The molecule has 2 atom stereocenters. The first-order valence-corrected chi connectivity index (χ1v) is 9.06. The predicted octanol–water partition coefficient (Wildman–Crippen LogP) is 3.32. The maximum atomic E-state index is 5.18. The fourth-order valence-electron chi connectivity index (χ4n) is 3.13. The molecule has 3 aromatic rings. The molecule has 0 amide bonds. The molecule has 0 bridgehead atoms. The zero-order valence-corrected chi connectivity index (χ0v) is 15.4. The summed E-state index contributed by atoms with van der Waals surface area (Å²) in [5, 5.41) is 12.2. The lowest BCUT2D eigenvalue weighted by Crippen LogP contribution is -2.18. The Kier molecular flexibility index (Phi) is 4.50. The summed E-state index contributed by atoms with van der Waals surface area (Å²) in [7, 11) is 1.69. The Hall–Kier alpha value is -2.61. The minimum atomic E-state index is 0.166. The van der Waals surface area contributed by atoms with E-state index in [1.807, 2.05) is 23.1 Å². The third-order valence-electron chi connectivity index (χ3n) is 4.83. The van der Waals surface area contributed by atoms with Gasteiger partial charge in [0.05, 0.1) is 29.9 Å². The van der Waals surface area contributed by atoms with Crippen molar-refractivity contribution < 1.29 is 4.74 Å². The molecule has 0 radical (unpaired) electrons. The van der Waals surface area contributed by atoms with Crippen molar-refractivity contribution in [3.63, 3.8) is 0 Å². The van der Waals surface area contributed by atoms with Gasteiger partial charge in [0, 0.05) is 25.5 Å². The number of ether oxygens (including phenoxy) is 1. The second-order valence-electron chi connectivity index (χ2n) is 7.04. The van der Waals surface area contributed by atoms with Crippen molar-refractivity contribution in [3.8, 4) is 0 Å². The van der Waals surface area contributed by atoms with Crippen molar-refractivity contribution in [1.82, 2.24) is 24.7 Å². The van der Waals surface area contributed by atoms with Gasteiger partial charge in [-0.25, -0.2) is 0 Å². The lowest BCUT2D eigenvalue weighted by atomic mass is 10.2. The maximum Gasteiger partial charge on any atom is 0.231 e. The summed E-state index contributed by atoms with van der Waals surface area (Å²) < 4.78 is 7.05. The van der Waals surface area contributed by atoms with E-state index in [1.165, 1.54) is 12.8 Å². The van der Waals surface area contributed by atoms with Gasteiger partial charge >= 0.3 is 0 Å². The average molecular weight is 355 g/mol. The standard InChI is InChI=1S/C18H25N7O/c1-11(10-26-3)25-9-14(8-20-25)22-18-23-16-15(6-7-19-16)17(24-18)21-12(2)13-4-5-13/h6-9,11-13H,4-5,10H2,1-3H3,(H3,19,21,22,23,24)/t11?,12-/m0/s1. The smallest absolute Gasteiger partial charge is 0.231 e. The van der Waals surface area contributed by atoms with Crippen LogP contribution in [0.3, 0.4) is 0 Å². The zero-order chi connectivity index (χ0) is 18.1. The van der Waals surface area contributed by atoms with Crippen LogP contribution in [0.15, 0.2) is 24.7 Å². The lowest BCUT2D eigenvalue weighted by Gasteiger charge is -2.15. The topological polar surface area (TPSA) is 92.7 Å². The minimum Gasteiger partial charge on any atom is -0.382 e. The van der Waals surface area contributed by atoms with Gasteiger partial charge in [-0.2, -0.15) is 15.1 Å². The molecule has 0 aromatic carbocycles. The number of aromatic amines is 1. The number of H-pyrrole nitrogens is 1. The molecule has 1 aliphatic carbocycles. The van der Waals surface area contributed by atoms with E-state index in [4.69, 9.17) is 9.72 Å². The molecule has 4 rings (SSSR count). The summed E-state index contributed by atoms with van der Waals surface area (Å²) in [5.74, 6) is 2.15. The summed E-state index contributed by atoms with van der Waals surface area (Å²) in [6, 6.07) is 2.58. The van der Waals surface area contributed by atoms with Gasteiger partial charge in [0.1, 0.15) is 11.5 Å². The molecule has 3 aromatic heterocycles. The van der Waals surface area contributed by atoms with Crippen molar-refractivity contribution in [1.29, 1.82) is 0 Å². The summed E-state index contributed by atoms with van der Waals surface area (Å²) in [4.78, 5) is 12.4. The monoisotopic (exact) mass is 355 g/mol. The Balaban J connectivity index is 1.56. The van der Waals surface area contributed by atoms with Crippen LogP contribution in [0.1, 0.15) is 32.7 Å². The van der Waals surface area contributed by atoms with E-state index in [2.05, 4.69) is 39.5 Å². The molecule has 0 spiro atoms. The molecule has 8 nitrogen and oxygen atoms in total.